The molecule has 0 unspecified atom stereocenters. The smallest absolute Gasteiger partial charge is 0.191 e. The van der Waals surface area contributed by atoms with E-state index in [9.17, 15) is 8.42 Å². The Balaban J connectivity index is 2.39. The maximum atomic E-state index is 12.1. The van der Waals surface area contributed by atoms with Crippen LogP contribution in [0.25, 0.3) is 10.9 Å². The topological polar surface area (TPSA) is 65.2 Å². The van der Waals surface area contributed by atoms with Crippen molar-refractivity contribution in [3.05, 3.63) is 30.0 Å². The van der Waals surface area contributed by atoms with Gasteiger partial charge in [0.25, 0.3) is 0 Å². The Morgan fingerprint density at radius 2 is 2.05 bits per heavy atom. The van der Waals surface area contributed by atoms with Gasteiger partial charge in [-0.3, -0.25) is 0 Å². The number of aromatic amines is 1. The minimum absolute atomic E-state index is 0.0457. The van der Waals surface area contributed by atoms with Crippen molar-refractivity contribution < 1.29 is 8.42 Å². The summed E-state index contributed by atoms with van der Waals surface area (Å²) in [7, 11) is 2.42. The standard InChI is InChI=1S/C14H21N3O2S/c1-15-10-20(18,19)12-4-5-14-13(8-12)11(9-16-14)6-7-17(2)3/h4-5,8-9,15-16H,6-7,10H2,1-3H3. The van der Waals surface area contributed by atoms with Crippen LogP contribution in [-0.4, -0.2) is 51.9 Å². The summed E-state index contributed by atoms with van der Waals surface area (Å²) >= 11 is 0. The van der Waals surface area contributed by atoms with Gasteiger partial charge in [-0.1, -0.05) is 0 Å². The molecule has 0 atom stereocenters. The van der Waals surface area contributed by atoms with E-state index >= 15 is 0 Å². The van der Waals surface area contributed by atoms with E-state index in [0.717, 1.165) is 29.4 Å². The van der Waals surface area contributed by atoms with Crippen molar-refractivity contribution in [3.63, 3.8) is 0 Å². The van der Waals surface area contributed by atoms with Crippen LogP contribution in [0.5, 0.6) is 0 Å². The molecule has 2 rings (SSSR count). The Morgan fingerprint density at radius 3 is 2.70 bits per heavy atom. The zero-order chi connectivity index (χ0) is 14.8. The van der Waals surface area contributed by atoms with E-state index in [2.05, 4.69) is 15.2 Å². The molecule has 0 aliphatic rings. The van der Waals surface area contributed by atoms with Crippen molar-refractivity contribution in [2.75, 3.05) is 33.6 Å². The molecule has 110 valence electrons. The van der Waals surface area contributed by atoms with Crippen LogP contribution in [0, 0.1) is 0 Å². The minimum Gasteiger partial charge on any atom is -0.361 e. The van der Waals surface area contributed by atoms with Gasteiger partial charge in [0.2, 0.25) is 0 Å². The normalized spacial score (nSPS) is 12.4. The van der Waals surface area contributed by atoms with E-state index in [1.54, 1.807) is 19.2 Å². The van der Waals surface area contributed by atoms with E-state index in [1.165, 1.54) is 0 Å². The Bertz CT molecular complexity index is 690. The Hall–Kier alpha value is -1.37. The molecule has 0 radical (unpaired) electrons. The molecule has 0 saturated heterocycles. The van der Waals surface area contributed by atoms with Crippen LogP contribution in [0.15, 0.2) is 29.3 Å². The van der Waals surface area contributed by atoms with E-state index in [0.29, 0.717) is 4.90 Å². The Morgan fingerprint density at radius 1 is 1.30 bits per heavy atom. The lowest BCUT2D eigenvalue weighted by atomic mass is 10.1. The van der Waals surface area contributed by atoms with Crippen LogP contribution in [0.3, 0.4) is 0 Å². The third-order valence-electron chi connectivity index (χ3n) is 3.26. The number of nitrogens with zero attached hydrogens (tertiary/aromatic N) is 1. The number of nitrogens with one attached hydrogen (secondary N) is 2. The molecule has 1 heterocycles. The van der Waals surface area contributed by atoms with Crippen molar-refractivity contribution in [1.82, 2.24) is 15.2 Å². The number of hydrogen-bond donors (Lipinski definition) is 2. The molecule has 0 amide bonds. The van der Waals surface area contributed by atoms with Crippen molar-refractivity contribution in [2.45, 2.75) is 11.3 Å². The summed E-state index contributed by atoms with van der Waals surface area (Å²) in [6, 6.07) is 5.25. The molecule has 0 fully saturated rings. The second-order valence-electron chi connectivity index (χ2n) is 5.19. The first-order valence-electron chi connectivity index (χ1n) is 6.56. The number of likely N-dealkylation sites (N-methyl/N-ethyl adjacent to an activating group) is 1. The first-order chi connectivity index (χ1) is 9.44. The third kappa shape index (κ3) is 3.20. The van der Waals surface area contributed by atoms with E-state index < -0.39 is 9.84 Å². The van der Waals surface area contributed by atoms with Crippen LogP contribution in [0.1, 0.15) is 5.56 Å². The molecule has 0 spiro atoms. The van der Waals surface area contributed by atoms with Crippen molar-refractivity contribution in [3.8, 4) is 0 Å². The summed E-state index contributed by atoms with van der Waals surface area (Å²) in [5, 5.41) is 3.69. The Kier molecular flexibility index (Phi) is 4.47. The fourth-order valence-corrected chi connectivity index (χ4v) is 3.29. The van der Waals surface area contributed by atoms with Gasteiger partial charge >= 0.3 is 0 Å². The zero-order valence-corrected chi connectivity index (χ0v) is 12.9. The number of H-pyrrole nitrogens is 1. The largest absolute Gasteiger partial charge is 0.361 e. The monoisotopic (exact) mass is 295 g/mol. The third-order valence-corrected chi connectivity index (χ3v) is 4.90. The molecule has 2 N–H and O–H groups in total. The number of rotatable bonds is 6. The zero-order valence-electron chi connectivity index (χ0n) is 12.1. The molecular formula is C14H21N3O2S. The lowest BCUT2D eigenvalue weighted by Crippen LogP contribution is -2.19. The van der Waals surface area contributed by atoms with Gasteiger partial charge < -0.3 is 15.2 Å². The summed E-state index contributed by atoms with van der Waals surface area (Å²) in [4.78, 5) is 5.67. The number of fused-ring (bicyclic) bond motifs is 1. The van der Waals surface area contributed by atoms with Crippen LogP contribution >= 0.6 is 0 Å². The fourth-order valence-electron chi connectivity index (χ4n) is 2.18. The fraction of sp³-hybridized carbons (Fsp3) is 0.429. The maximum absolute atomic E-state index is 12.1. The highest BCUT2D eigenvalue weighted by Crippen LogP contribution is 2.23. The van der Waals surface area contributed by atoms with Crippen LogP contribution in [-0.2, 0) is 16.3 Å². The van der Waals surface area contributed by atoms with Gasteiger partial charge in [0.15, 0.2) is 9.84 Å². The predicted octanol–water partition coefficient (Wildman–Crippen LogP) is 1.22. The summed E-state index contributed by atoms with van der Waals surface area (Å²) < 4.78 is 24.2. The number of aromatic nitrogens is 1. The lowest BCUT2D eigenvalue weighted by molar-refractivity contribution is 0.414. The molecule has 2 aromatic rings. The molecule has 0 aliphatic heterocycles. The second kappa shape index (κ2) is 5.95. The highest BCUT2D eigenvalue weighted by Gasteiger charge is 2.15. The number of benzene rings is 1. The van der Waals surface area contributed by atoms with Crippen molar-refractivity contribution >= 4 is 20.7 Å². The van der Waals surface area contributed by atoms with Crippen LogP contribution < -0.4 is 5.32 Å². The highest BCUT2D eigenvalue weighted by molar-refractivity contribution is 7.91. The maximum Gasteiger partial charge on any atom is 0.191 e. The molecule has 1 aromatic carbocycles. The number of sulfone groups is 1. The van der Waals surface area contributed by atoms with Gasteiger partial charge in [-0.25, -0.2) is 8.42 Å². The summed E-state index contributed by atoms with van der Waals surface area (Å²) in [6.45, 7) is 0.931. The van der Waals surface area contributed by atoms with Crippen molar-refractivity contribution in [2.24, 2.45) is 0 Å². The minimum atomic E-state index is -3.26. The van der Waals surface area contributed by atoms with Gasteiger partial charge in [0.05, 0.1) is 4.90 Å². The second-order valence-corrected chi connectivity index (χ2v) is 7.18. The van der Waals surface area contributed by atoms with Crippen molar-refractivity contribution in [1.29, 1.82) is 0 Å². The van der Waals surface area contributed by atoms with Gasteiger partial charge in [0.1, 0.15) is 5.88 Å². The van der Waals surface area contributed by atoms with Gasteiger partial charge in [-0.2, -0.15) is 0 Å². The molecule has 0 aliphatic carbocycles. The summed E-state index contributed by atoms with van der Waals surface area (Å²) in [6.07, 6.45) is 2.85. The molecule has 0 bridgehead atoms. The first kappa shape index (κ1) is 15.0. The predicted molar refractivity (Wildman–Crippen MR) is 81.7 cm³/mol. The van der Waals surface area contributed by atoms with E-state index in [1.807, 2.05) is 26.4 Å². The first-order valence-corrected chi connectivity index (χ1v) is 8.21. The lowest BCUT2D eigenvalue weighted by Gasteiger charge is -2.08. The van der Waals surface area contributed by atoms with Crippen LogP contribution in [0.4, 0.5) is 0 Å². The van der Waals surface area contributed by atoms with E-state index in [4.69, 9.17) is 0 Å². The van der Waals surface area contributed by atoms with E-state index in [-0.39, 0.29) is 5.88 Å². The van der Waals surface area contributed by atoms with Gasteiger partial charge in [-0.15, -0.1) is 0 Å². The average Bonchev–Trinajstić information content (AvgIpc) is 2.78. The average molecular weight is 295 g/mol. The Labute approximate surface area is 119 Å². The van der Waals surface area contributed by atoms with Gasteiger partial charge in [0, 0.05) is 23.6 Å². The quantitative estimate of drug-likeness (QED) is 0.841. The highest BCUT2D eigenvalue weighted by atomic mass is 32.2. The molecule has 1 aromatic heterocycles. The SMILES string of the molecule is CNCS(=O)(=O)c1ccc2[nH]cc(CCN(C)C)c2c1. The summed E-state index contributed by atoms with van der Waals surface area (Å²) in [5.41, 5.74) is 2.12. The molecule has 6 heteroatoms. The molecule has 5 nitrogen and oxygen atoms in total. The van der Waals surface area contributed by atoms with Gasteiger partial charge in [-0.05, 0) is 51.3 Å². The summed E-state index contributed by atoms with van der Waals surface area (Å²) in [5.74, 6) is -0.0457. The van der Waals surface area contributed by atoms with Crippen LogP contribution in [0.2, 0.25) is 0 Å². The number of hydrogen-bond acceptors (Lipinski definition) is 4. The molecule has 20 heavy (non-hydrogen) atoms. The molecular weight excluding hydrogens is 274 g/mol. The molecule has 0 saturated carbocycles.